The fraction of sp³-hybridized carbons (Fsp3) is 0.238. The van der Waals surface area contributed by atoms with Crippen LogP contribution in [-0.2, 0) is 6.54 Å². The molecule has 26 heavy (non-hydrogen) atoms. The number of hydrogen-bond acceptors (Lipinski definition) is 3. The molecule has 1 N–H and O–H groups in total. The molecular weight excluding hydrogens is 329 g/mol. The maximum atomic E-state index is 14.1. The minimum atomic E-state index is -0.358. The number of aromatic nitrogens is 2. The second-order valence-corrected chi connectivity index (χ2v) is 6.64. The fourth-order valence-corrected chi connectivity index (χ4v) is 2.72. The Kier molecular flexibility index (Phi) is 5.46. The Hall–Kier alpha value is -2.95. The number of halogens is 1. The average molecular weight is 351 g/mol. The van der Waals surface area contributed by atoms with Crippen LogP contribution in [0.15, 0.2) is 60.7 Å². The van der Waals surface area contributed by atoms with Gasteiger partial charge in [-0.1, -0.05) is 56.3 Å². The summed E-state index contributed by atoms with van der Waals surface area (Å²) in [6, 6.07) is 18.0. The molecule has 0 aliphatic carbocycles. The van der Waals surface area contributed by atoms with Crippen molar-refractivity contribution in [2.45, 2.75) is 26.8 Å². The van der Waals surface area contributed by atoms with Gasteiger partial charge in [0.05, 0.1) is 5.69 Å². The highest BCUT2D eigenvalue weighted by atomic mass is 19.1. The van der Waals surface area contributed by atoms with Crippen molar-refractivity contribution in [1.29, 1.82) is 0 Å². The first-order valence-corrected chi connectivity index (χ1v) is 8.70. The number of carbonyl (C=O) groups excluding carboxylic acids is 1. The number of carbonyl (C=O) groups is 1. The van der Waals surface area contributed by atoms with E-state index in [4.69, 9.17) is 0 Å². The molecule has 1 heterocycles. The lowest BCUT2D eigenvalue weighted by atomic mass is 10.1. The summed E-state index contributed by atoms with van der Waals surface area (Å²) in [5.41, 5.74) is 1.91. The van der Waals surface area contributed by atoms with Crippen LogP contribution in [0.3, 0.4) is 0 Å². The Labute approximate surface area is 152 Å². The summed E-state index contributed by atoms with van der Waals surface area (Å²) in [7, 11) is 0. The zero-order valence-electron chi connectivity index (χ0n) is 14.9. The molecule has 0 atom stereocenters. The van der Waals surface area contributed by atoms with Crippen LogP contribution in [-0.4, -0.2) is 15.7 Å². The molecular formula is C21H22FN3O. The minimum Gasteiger partial charge on any atom is -0.366 e. The van der Waals surface area contributed by atoms with Gasteiger partial charge in [0.1, 0.15) is 11.6 Å². The number of anilines is 1. The van der Waals surface area contributed by atoms with E-state index in [9.17, 15) is 9.18 Å². The van der Waals surface area contributed by atoms with Crippen LogP contribution in [0.2, 0.25) is 0 Å². The third-order valence-corrected chi connectivity index (χ3v) is 3.99. The smallest absolute Gasteiger partial charge is 0.249 e. The molecule has 5 heteroatoms. The van der Waals surface area contributed by atoms with Gasteiger partial charge in [0, 0.05) is 24.6 Å². The molecule has 0 bridgehead atoms. The Morgan fingerprint density at radius 3 is 2.50 bits per heavy atom. The number of nitrogens with zero attached hydrogens (tertiary/aromatic N) is 2. The predicted octanol–water partition coefficient (Wildman–Crippen LogP) is 4.99. The van der Waals surface area contributed by atoms with Crippen LogP contribution in [0.1, 0.15) is 30.6 Å². The molecule has 0 fully saturated rings. The lowest BCUT2D eigenvalue weighted by molar-refractivity contribution is 0.0873. The third kappa shape index (κ3) is 4.17. The zero-order chi connectivity index (χ0) is 18.5. The summed E-state index contributed by atoms with van der Waals surface area (Å²) >= 11 is 0. The number of rotatable bonds is 6. The molecule has 0 spiro atoms. The lowest BCUT2D eigenvalue weighted by Crippen LogP contribution is -2.17. The van der Waals surface area contributed by atoms with E-state index >= 15 is 0 Å². The van der Waals surface area contributed by atoms with Gasteiger partial charge in [-0.05, 0) is 23.6 Å². The molecule has 0 aliphatic rings. The first kappa shape index (κ1) is 17.9. The quantitative estimate of drug-likeness (QED) is 0.681. The number of benzene rings is 2. The van der Waals surface area contributed by atoms with Crippen LogP contribution in [0.5, 0.6) is 0 Å². The third-order valence-electron chi connectivity index (χ3n) is 3.99. The van der Waals surface area contributed by atoms with Crippen LogP contribution in [0.4, 0.5) is 10.2 Å². The maximum Gasteiger partial charge on any atom is 0.249 e. The van der Waals surface area contributed by atoms with Crippen molar-refractivity contribution < 1.29 is 9.18 Å². The van der Waals surface area contributed by atoms with Crippen LogP contribution in [0.25, 0.3) is 11.3 Å². The molecule has 134 valence electrons. The molecule has 0 saturated heterocycles. The van der Waals surface area contributed by atoms with Crippen molar-refractivity contribution in [3.05, 3.63) is 72.0 Å². The van der Waals surface area contributed by atoms with Gasteiger partial charge in [0.25, 0.3) is 0 Å². The van der Waals surface area contributed by atoms with E-state index in [0.29, 0.717) is 30.0 Å². The van der Waals surface area contributed by atoms with Gasteiger partial charge in [-0.3, -0.25) is 4.79 Å². The van der Waals surface area contributed by atoms with Crippen molar-refractivity contribution >= 4 is 11.7 Å². The van der Waals surface area contributed by atoms with E-state index in [2.05, 4.69) is 10.4 Å². The largest absolute Gasteiger partial charge is 0.366 e. The van der Waals surface area contributed by atoms with E-state index in [1.165, 1.54) is 10.7 Å². The predicted molar refractivity (Wildman–Crippen MR) is 101 cm³/mol. The Bertz CT molecular complexity index is 887. The Morgan fingerprint density at radius 1 is 1.12 bits per heavy atom. The summed E-state index contributed by atoms with van der Waals surface area (Å²) < 4.78 is 15.5. The van der Waals surface area contributed by atoms with Gasteiger partial charge in [-0.15, -0.1) is 0 Å². The van der Waals surface area contributed by atoms with Gasteiger partial charge in [0.15, 0.2) is 0 Å². The molecule has 0 radical (unpaired) electrons. The zero-order valence-corrected chi connectivity index (χ0v) is 14.9. The number of hydrogen-bond donors (Lipinski definition) is 1. The highest BCUT2D eigenvalue weighted by Gasteiger charge is 2.18. The SMILES string of the molecule is CC(C)CC(=O)n1nc(-c2ccccc2F)cc1NCc1ccccc1. The molecule has 0 aliphatic heterocycles. The second kappa shape index (κ2) is 7.95. The summed E-state index contributed by atoms with van der Waals surface area (Å²) in [5, 5.41) is 7.62. The van der Waals surface area contributed by atoms with Crippen molar-refractivity contribution in [3.8, 4) is 11.3 Å². The first-order valence-electron chi connectivity index (χ1n) is 8.70. The summed E-state index contributed by atoms with van der Waals surface area (Å²) in [6.07, 6.45) is 0.373. The molecule has 4 nitrogen and oxygen atoms in total. The van der Waals surface area contributed by atoms with Crippen LogP contribution >= 0.6 is 0 Å². The Balaban J connectivity index is 1.92. The van der Waals surface area contributed by atoms with E-state index in [1.54, 1.807) is 24.3 Å². The molecule has 0 unspecified atom stereocenters. The van der Waals surface area contributed by atoms with Crippen molar-refractivity contribution in [2.75, 3.05) is 5.32 Å². The van der Waals surface area contributed by atoms with Crippen molar-refractivity contribution in [1.82, 2.24) is 9.78 Å². The summed E-state index contributed by atoms with van der Waals surface area (Å²) in [4.78, 5) is 12.6. The molecule has 3 aromatic rings. The standard InChI is InChI=1S/C21H22FN3O/c1-15(2)12-21(26)25-20(23-14-16-8-4-3-5-9-16)13-19(24-25)17-10-6-7-11-18(17)22/h3-11,13,15,23H,12,14H2,1-2H3. The first-order chi connectivity index (χ1) is 12.5. The van der Waals surface area contributed by atoms with Crippen molar-refractivity contribution in [3.63, 3.8) is 0 Å². The van der Waals surface area contributed by atoms with Gasteiger partial charge in [-0.25, -0.2) is 4.39 Å². The van der Waals surface area contributed by atoms with Gasteiger partial charge in [-0.2, -0.15) is 9.78 Å². The van der Waals surface area contributed by atoms with Crippen LogP contribution in [0, 0.1) is 11.7 Å². The maximum absolute atomic E-state index is 14.1. The molecule has 0 saturated carbocycles. The normalized spacial score (nSPS) is 10.9. The monoisotopic (exact) mass is 351 g/mol. The highest BCUT2D eigenvalue weighted by molar-refractivity contribution is 5.83. The molecule has 0 amide bonds. The highest BCUT2D eigenvalue weighted by Crippen LogP contribution is 2.25. The van der Waals surface area contributed by atoms with Gasteiger partial charge >= 0.3 is 0 Å². The van der Waals surface area contributed by atoms with E-state index in [0.717, 1.165) is 5.56 Å². The topological polar surface area (TPSA) is 46.9 Å². The summed E-state index contributed by atoms with van der Waals surface area (Å²) in [5.74, 6) is 0.310. The summed E-state index contributed by atoms with van der Waals surface area (Å²) in [6.45, 7) is 4.52. The molecule has 2 aromatic carbocycles. The Morgan fingerprint density at radius 2 is 1.81 bits per heavy atom. The second-order valence-electron chi connectivity index (χ2n) is 6.64. The molecule has 1 aromatic heterocycles. The van der Waals surface area contributed by atoms with Crippen LogP contribution < -0.4 is 5.32 Å². The van der Waals surface area contributed by atoms with Gasteiger partial charge < -0.3 is 5.32 Å². The van der Waals surface area contributed by atoms with Gasteiger partial charge in [0.2, 0.25) is 5.91 Å². The van der Waals surface area contributed by atoms with Crippen molar-refractivity contribution in [2.24, 2.45) is 5.92 Å². The van der Waals surface area contributed by atoms with E-state index in [-0.39, 0.29) is 17.6 Å². The van der Waals surface area contributed by atoms with E-state index in [1.807, 2.05) is 44.2 Å². The molecule has 3 rings (SSSR count). The lowest BCUT2D eigenvalue weighted by Gasteiger charge is -2.10. The fourth-order valence-electron chi connectivity index (χ4n) is 2.72. The average Bonchev–Trinajstić information content (AvgIpc) is 3.05. The minimum absolute atomic E-state index is 0.113. The number of nitrogens with one attached hydrogen (secondary N) is 1. The van der Waals surface area contributed by atoms with E-state index < -0.39 is 0 Å².